The fraction of sp³-hybridized carbons (Fsp3) is 1.00. The van der Waals surface area contributed by atoms with Crippen molar-refractivity contribution in [2.75, 3.05) is 26.4 Å². The molecule has 0 aliphatic carbocycles. The molecule has 3 heterocycles. The van der Waals surface area contributed by atoms with Crippen LogP contribution in [0.2, 0.25) is 0 Å². The summed E-state index contributed by atoms with van der Waals surface area (Å²) in [7, 11) is 0. The zero-order valence-corrected chi connectivity index (χ0v) is 16.9. The summed E-state index contributed by atoms with van der Waals surface area (Å²) >= 11 is 0. The van der Waals surface area contributed by atoms with Crippen molar-refractivity contribution in [2.45, 2.75) is 79.7 Å². The summed E-state index contributed by atoms with van der Waals surface area (Å²) < 4.78 is 21.7. The predicted octanol–water partition coefficient (Wildman–Crippen LogP) is -6.75. The maximum atomic E-state index is 10.6. The third-order valence-electron chi connectivity index (χ3n) is 5.71. The summed E-state index contributed by atoms with van der Waals surface area (Å²) in [6.07, 6.45) is -18.2. The molecule has 0 spiro atoms. The fourth-order valence-electron chi connectivity index (χ4n) is 3.82. The third-order valence-corrected chi connectivity index (χ3v) is 5.71. The third kappa shape index (κ3) is 5.22. The van der Waals surface area contributed by atoms with Crippen molar-refractivity contribution in [3.05, 3.63) is 0 Å². The van der Waals surface area contributed by atoms with Crippen LogP contribution in [0.25, 0.3) is 0 Å². The summed E-state index contributed by atoms with van der Waals surface area (Å²) in [5.74, 6) is 0. The Morgan fingerprint density at radius 2 is 1.22 bits per heavy atom. The molecule has 10 N–H and O–H groups in total. The molecule has 0 saturated carbocycles. The highest BCUT2D eigenvalue weighted by Gasteiger charge is 2.51. The number of hydrogen-bond acceptors (Lipinski definition) is 15. The maximum Gasteiger partial charge on any atom is 0.187 e. The van der Waals surface area contributed by atoms with Gasteiger partial charge in [-0.15, -0.1) is 0 Å². The van der Waals surface area contributed by atoms with Crippen LogP contribution in [-0.4, -0.2) is 152 Å². The van der Waals surface area contributed by atoms with Crippen molar-refractivity contribution >= 4 is 0 Å². The molecule has 0 amide bonds. The van der Waals surface area contributed by atoms with Gasteiger partial charge in [-0.3, -0.25) is 4.84 Å². The van der Waals surface area contributed by atoms with E-state index in [0.29, 0.717) is 0 Å². The molecule has 0 unspecified atom stereocenters. The molecule has 15 heteroatoms. The van der Waals surface area contributed by atoms with Gasteiger partial charge < -0.3 is 64.9 Å². The van der Waals surface area contributed by atoms with Gasteiger partial charge in [0.1, 0.15) is 61.0 Å². The molecule has 15 nitrogen and oxygen atoms in total. The maximum absolute atomic E-state index is 10.6. The lowest BCUT2D eigenvalue weighted by atomic mass is 9.96. The van der Waals surface area contributed by atoms with E-state index in [4.69, 9.17) is 23.8 Å². The molecule has 13 atom stereocenters. The van der Waals surface area contributed by atoms with E-state index < -0.39 is 99.5 Å². The average molecular weight is 473 g/mol. The lowest BCUT2D eigenvalue weighted by molar-refractivity contribution is -0.368. The zero-order valence-electron chi connectivity index (χ0n) is 16.9. The van der Waals surface area contributed by atoms with E-state index in [0.717, 1.165) is 0 Å². The van der Waals surface area contributed by atoms with Gasteiger partial charge in [-0.1, -0.05) is 0 Å². The van der Waals surface area contributed by atoms with E-state index in [2.05, 4.69) is 5.48 Å². The van der Waals surface area contributed by atoms with Gasteiger partial charge in [0.25, 0.3) is 0 Å². The minimum absolute atomic E-state index is 0.182. The number of ether oxygens (including phenoxy) is 4. The Morgan fingerprint density at radius 3 is 1.81 bits per heavy atom. The minimum atomic E-state index is -1.78. The van der Waals surface area contributed by atoms with Crippen molar-refractivity contribution in [2.24, 2.45) is 0 Å². The average Bonchev–Trinajstić information content (AvgIpc) is 2.79. The first kappa shape index (κ1) is 26.0. The lowest BCUT2D eigenvalue weighted by Gasteiger charge is -2.47. The monoisotopic (exact) mass is 473 g/mol. The van der Waals surface area contributed by atoms with E-state index >= 15 is 0 Å². The van der Waals surface area contributed by atoms with Crippen LogP contribution in [0.15, 0.2) is 0 Å². The number of nitrogens with one attached hydrogen (secondary N) is 1. The second-order valence-electron chi connectivity index (χ2n) is 7.89. The van der Waals surface area contributed by atoms with Crippen LogP contribution in [0.5, 0.6) is 0 Å². The number of rotatable bonds is 7. The Hall–Kier alpha value is -0.600. The molecule has 3 saturated heterocycles. The molecule has 3 rings (SSSR count). The molecule has 0 radical (unpaired) electrons. The number of aliphatic hydroxyl groups is 9. The molecule has 3 aliphatic rings. The van der Waals surface area contributed by atoms with Crippen LogP contribution in [0.1, 0.15) is 0 Å². The molecule has 0 bridgehead atoms. The van der Waals surface area contributed by atoms with Gasteiger partial charge >= 0.3 is 0 Å². The van der Waals surface area contributed by atoms with Crippen LogP contribution in [-0.2, 0) is 23.8 Å². The van der Waals surface area contributed by atoms with Gasteiger partial charge in [0, 0.05) is 0 Å². The number of hydrogen-bond donors (Lipinski definition) is 10. The first-order valence-corrected chi connectivity index (χ1v) is 10.1. The molecule has 0 aromatic heterocycles. The number of aliphatic hydroxyl groups excluding tert-OH is 9. The molecule has 3 fully saturated rings. The topological polar surface area (TPSA) is 240 Å². The van der Waals surface area contributed by atoms with Crippen LogP contribution in [0.4, 0.5) is 0 Å². The normalized spacial score (nSPS) is 50.3. The van der Waals surface area contributed by atoms with E-state index in [1.54, 1.807) is 0 Å². The summed E-state index contributed by atoms with van der Waals surface area (Å²) in [5.41, 5.74) is 2.46. The highest BCUT2D eigenvalue weighted by atomic mass is 16.7. The van der Waals surface area contributed by atoms with Crippen molar-refractivity contribution < 1.29 is 69.7 Å². The summed E-state index contributed by atoms with van der Waals surface area (Å²) in [4.78, 5) is 4.89. The Labute approximate surface area is 182 Å². The molecular weight excluding hydrogens is 442 g/mol. The van der Waals surface area contributed by atoms with Crippen LogP contribution < -0.4 is 5.48 Å². The Bertz CT molecular complexity index is 583. The first-order chi connectivity index (χ1) is 15.2. The van der Waals surface area contributed by atoms with Crippen LogP contribution >= 0.6 is 0 Å². The minimum Gasteiger partial charge on any atom is -0.395 e. The molecule has 32 heavy (non-hydrogen) atoms. The fourth-order valence-corrected chi connectivity index (χ4v) is 3.82. The summed E-state index contributed by atoms with van der Waals surface area (Å²) in [5, 5.41) is 89.5. The Balaban J connectivity index is 1.70. The Kier molecular flexibility index (Phi) is 9.12. The molecule has 0 aromatic carbocycles. The van der Waals surface area contributed by atoms with Gasteiger partial charge in [0.15, 0.2) is 12.6 Å². The molecule has 188 valence electrons. The predicted molar refractivity (Wildman–Crippen MR) is 97.2 cm³/mol. The van der Waals surface area contributed by atoms with Gasteiger partial charge in [-0.2, -0.15) is 5.48 Å². The smallest absolute Gasteiger partial charge is 0.187 e. The van der Waals surface area contributed by atoms with Gasteiger partial charge in [0.2, 0.25) is 0 Å². The van der Waals surface area contributed by atoms with E-state index in [9.17, 15) is 46.0 Å². The summed E-state index contributed by atoms with van der Waals surface area (Å²) in [6.45, 7) is -2.11. The van der Waals surface area contributed by atoms with E-state index in [-0.39, 0.29) is 6.61 Å². The second-order valence-corrected chi connectivity index (χ2v) is 7.89. The standard InChI is InChI=1S/C17H31NO14/c19-1-5-14(6(22)4-28-18-5)31-17-13(27)11(25)15(8(3-21)30-17)32-16-12(26)10(24)9(23)7(2-20)29-16/h5-27H,1-4H2/t5-,6-,7-,8-,9-,10+,11-,12-,13-,14-,15-,16+,17+/m1/s1. The quantitative estimate of drug-likeness (QED) is 0.165. The van der Waals surface area contributed by atoms with E-state index in [1.165, 1.54) is 0 Å². The second kappa shape index (κ2) is 11.2. The largest absolute Gasteiger partial charge is 0.395 e. The van der Waals surface area contributed by atoms with Crippen molar-refractivity contribution in [3.8, 4) is 0 Å². The molecule has 0 aromatic rings. The highest BCUT2D eigenvalue weighted by molar-refractivity contribution is 4.95. The van der Waals surface area contributed by atoms with Crippen LogP contribution in [0, 0.1) is 0 Å². The van der Waals surface area contributed by atoms with Crippen molar-refractivity contribution in [3.63, 3.8) is 0 Å². The molecular formula is C17H31NO14. The number of hydroxylamine groups is 1. The van der Waals surface area contributed by atoms with Gasteiger partial charge in [0.05, 0.1) is 32.5 Å². The lowest BCUT2D eigenvalue weighted by Crippen LogP contribution is -2.66. The van der Waals surface area contributed by atoms with Crippen LogP contribution in [0.3, 0.4) is 0 Å². The summed E-state index contributed by atoms with van der Waals surface area (Å²) in [6, 6.07) is -0.873. The Morgan fingerprint density at radius 1 is 0.656 bits per heavy atom. The van der Waals surface area contributed by atoms with Crippen molar-refractivity contribution in [1.82, 2.24) is 5.48 Å². The zero-order chi connectivity index (χ0) is 23.6. The highest BCUT2D eigenvalue weighted by Crippen LogP contribution is 2.30. The van der Waals surface area contributed by atoms with E-state index in [1.807, 2.05) is 0 Å². The SMILES string of the molecule is OC[C@H]1NOC[C@@H](O)[C@@H]1O[C@@H]1O[C@H](CO)[C@@H](O[C@@H]2O[C@H](CO)[C@@H](O)[C@H](O)[C@H]2O)[C@H](O)[C@H]1O. The van der Waals surface area contributed by atoms with Crippen molar-refractivity contribution in [1.29, 1.82) is 0 Å². The van der Waals surface area contributed by atoms with Gasteiger partial charge in [-0.25, -0.2) is 0 Å². The van der Waals surface area contributed by atoms with Gasteiger partial charge in [-0.05, 0) is 0 Å². The first-order valence-electron chi connectivity index (χ1n) is 10.1. The molecule has 3 aliphatic heterocycles.